The van der Waals surface area contributed by atoms with Crippen molar-refractivity contribution in [2.45, 2.75) is 31.3 Å². The van der Waals surface area contributed by atoms with Gasteiger partial charge in [0.1, 0.15) is 0 Å². The largest absolute Gasteiger partial charge is 0.305 e. The lowest BCUT2D eigenvalue weighted by molar-refractivity contribution is 0.268. The van der Waals surface area contributed by atoms with E-state index in [1.807, 2.05) is 14.1 Å². The fourth-order valence-electron chi connectivity index (χ4n) is 1.97. The molecular weight excluding hydrogens is 188 g/mol. The molecule has 1 fully saturated rings. The zero-order chi connectivity index (χ0) is 10.1. The summed E-state index contributed by atoms with van der Waals surface area (Å²) in [4.78, 5) is 2.09. The lowest BCUT2D eigenvalue weighted by Gasteiger charge is -2.26. The van der Waals surface area contributed by atoms with Crippen molar-refractivity contribution in [3.8, 4) is 0 Å². The van der Waals surface area contributed by atoms with E-state index in [4.69, 9.17) is 0 Å². The van der Waals surface area contributed by atoms with Crippen LogP contribution in [0.5, 0.6) is 0 Å². The standard InChI is InChI=1S/C8H18N2O2S/c1-10(2)8-6-4-5-7(8)9-13(3,11)12/h7-9H,4-6H2,1-3H3. The van der Waals surface area contributed by atoms with Crippen molar-refractivity contribution in [1.82, 2.24) is 9.62 Å². The van der Waals surface area contributed by atoms with Crippen molar-refractivity contribution in [3.63, 3.8) is 0 Å². The predicted octanol–water partition coefficient (Wildman–Crippen LogP) is 0.0183. The molecule has 0 spiro atoms. The van der Waals surface area contributed by atoms with Crippen molar-refractivity contribution in [3.05, 3.63) is 0 Å². The highest BCUT2D eigenvalue weighted by molar-refractivity contribution is 7.88. The second kappa shape index (κ2) is 3.94. The summed E-state index contributed by atoms with van der Waals surface area (Å²) in [6.45, 7) is 0. The van der Waals surface area contributed by atoms with Crippen LogP contribution in [0.1, 0.15) is 19.3 Å². The van der Waals surface area contributed by atoms with E-state index in [2.05, 4.69) is 9.62 Å². The molecule has 78 valence electrons. The van der Waals surface area contributed by atoms with Crippen molar-refractivity contribution in [2.24, 2.45) is 0 Å². The Morgan fingerprint density at radius 1 is 1.31 bits per heavy atom. The molecule has 0 bridgehead atoms. The van der Waals surface area contributed by atoms with Crippen LogP contribution in [0.15, 0.2) is 0 Å². The molecule has 4 nitrogen and oxygen atoms in total. The van der Waals surface area contributed by atoms with Gasteiger partial charge in [-0.3, -0.25) is 0 Å². The molecule has 0 saturated heterocycles. The van der Waals surface area contributed by atoms with Gasteiger partial charge in [0.15, 0.2) is 0 Å². The number of sulfonamides is 1. The maximum atomic E-state index is 11.0. The number of hydrogen-bond donors (Lipinski definition) is 1. The fraction of sp³-hybridized carbons (Fsp3) is 1.00. The Hall–Kier alpha value is -0.130. The number of hydrogen-bond acceptors (Lipinski definition) is 3. The van der Waals surface area contributed by atoms with Gasteiger partial charge >= 0.3 is 0 Å². The summed E-state index contributed by atoms with van der Waals surface area (Å²) in [5, 5.41) is 0. The van der Waals surface area contributed by atoms with E-state index in [1.165, 1.54) is 6.26 Å². The van der Waals surface area contributed by atoms with Gasteiger partial charge in [-0.05, 0) is 26.9 Å². The van der Waals surface area contributed by atoms with E-state index in [0.717, 1.165) is 19.3 Å². The summed E-state index contributed by atoms with van der Waals surface area (Å²) in [6, 6.07) is 0.458. The molecule has 13 heavy (non-hydrogen) atoms. The number of nitrogens with one attached hydrogen (secondary N) is 1. The van der Waals surface area contributed by atoms with Crippen LogP contribution in [-0.2, 0) is 10.0 Å². The minimum atomic E-state index is -3.05. The summed E-state index contributed by atoms with van der Waals surface area (Å²) >= 11 is 0. The zero-order valence-electron chi connectivity index (χ0n) is 8.45. The molecule has 1 aliphatic rings. The van der Waals surface area contributed by atoms with Gasteiger partial charge in [-0.25, -0.2) is 13.1 Å². The molecule has 0 radical (unpaired) electrons. The van der Waals surface area contributed by atoms with Gasteiger partial charge in [-0.1, -0.05) is 6.42 Å². The fourth-order valence-corrected chi connectivity index (χ4v) is 2.80. The SMILES string of the molecule is CN(C)C1CCCC1NS(C)(=O)=O. The van der Waals surface area contributed by atoms with Gasteiger partial charge < -0.3 is 4.90 Å². The Labute approximate surface area is 80.4 Å². The second-order valence-corrected chi connectivity index (χ2v) is 5.74. The Morgan fingerprint density at radius 3 is 2.38 bits per heavy atom. The maximum Gasteiger partial charge on any atom is 0.209 e. The molecule has 0 aromatic carbocycles. The van der Waals surface area contributed by atoms with Crippen molar-refractivity contribution in [2.75, 3.05) is 20.4 Å². The first-order valence-corrected chi connectivity index (χ1v) is 6.43. The number of likely N-dealkylation sites (N-methyl/N-ethyl adjacent to an activating group) is 1. The summed E-state index contributed by atoms with van der Waals surface area (Å²) < 4.78 is 24.7. The number of rotatable bonds is 3. The Kier molecular flexibility index (Phi) is 3.32. The van der Waals surface area contributed by atoms with Crippen LogP contribution >= 0.6 is 0 Å². The second-order valence-electron chi connectivity index (χ2n) is 3.96. The lowest BCUT2D eigenvalue weighted by atomic mass is 10.2. The highest BCUT2D eigenvalue weighted by atomic mass is 32.2. The van der Waals surface area contributed by atoms with E-state index in [-0.39, 0.29) is 6.04 Å². The summed E-state index contributed by atoms with van der Waals surface area (Å²) in [5.74, 6) is 0. The van der Waals surface area contributed by atoms with Gasteiger partial charge in [-0.2, -0.15) is 0 Å². The lowest BCUT2D eigenvalue weighted by Crippen LogP contribution is -2.45. The molecular formula is C8H18N2O2S. The minimum absolute atomic E-state index is 0.102. The predicted molar refractivity (Wildman–Crippen MR) is 53.1 cm³/mol. The van der Waals surface area contributed by atoms with Gasteiger partial charge in [0.25, 0.3) is 0 Å². The highest BCUT2D eigenvalue weighted by Gasteiger charge is 2.30. The molecule has 2 unspecified atom stereocenters. The monoisotopic (exact) mass is 206 g/mol. The zero-order valence-corrected chi connectivity index (χ0v) is 9.26. The van der Waals surface area contributed by atoms with Gasteiger partial charge in [-0.15, -0.1) is 0 Å². The topological polar surface area (TPSA) is 49.4 Å². The van der Waals surface area contributed by atoms with Gasteiger partial charge in [0.2, 0.25) is 10.0 Å². The first-order valence-electron chi connectivity index (χ1n) is 4.54. The van der Waals surface area contributed by atoms with Crippen molar-refractivity contribution < 1.29 is 8.42 Å². The van der Waals surface area contributed by atoms with E-state index in [9.17, 15) is 8.42 Å². The van der Waals surface area contributed by atoms with E-state index >= 15 is 0 Å². The molecule has 1 saturated carbocycles. The molecule has 0 aliphatic heterocycles. The van der Waals surface area contributed by atoms with Crippen molar-refractivity contribution in [1.29, 1.82) is 0 Å². The van der Waals surface area contributed by atoms with Crippen LogP contribution in [0.25, 0.3) is 0 Å². The molecule has 2 atom stereocenters. The van der Waals surface area contributed by atoms with E-state index in [0.29, 0.717) is 6.04 Å². The minimum Gasteiger partial charge on any atom is -0.305 e. The summed E-state index contributed by atoms with van der Waals surface area (Å²) in [6.07, 6.45) is 4.37. The average molecular weight is 206 g/mol. The molecule has 0 amide bonds. The Bertz CT molecular complexity index is 261. The van der Waals surface area contributed by atoms with Crippen LogP contribution in [0.2, 0.25) is 0 Å². The van der Waals surface area contributed by atoms with Crippen LogP contribution in [0.4, 0.5) is 0 Å². The quantitative estimate of drug-likeness (QED) is 0.708. The third-order valence-corrected chi connectivity index (χ3v) is 3.24. The van der Waals surface area contributed by atoms with Crippen LogP contribution in [0.3, 0.4) is 0 Å². The Morgan fingerprint density at radius 2 is 1.92 bits per heavy atom. The molecule has 1 aliphatic carbocycles. The molecule has 1 N–H and O–H groups in total. The van der Waals surface area contributed by atoms with E-state index in [1.54, 1.807) is 0 Å². The highest BCUT2D eigenvalue weighted by Crippen LogP contribution is 2.22. The smallest absolute Gasteiger partial charge is 0.209 e. The summed E-state index contributed by atoms with van der Waals surface area (Å²) in [7, 11) is 0.935. The van der Waals surface area contributed by atoms with Crippen molar-refractivity contribution >= 4 is 10.0 Å². The molecule has 1 rings (SSSR count). The molecule has 5 heteroatoms. The van der Waals surface area contributed by atoms with Gasteiger partial charge in [0.05, 0.1) is 6.26 Å². The molecule has 0 heterocycles. The van der Waals surface area contributed by atoms with Crippen LogP contribution in [0, 0.1) is 0 Å². The molecule has 0 aromatic heterocycles. The summed E-state index contributed by atoms with van der Waals surface area (Å²) in [5.41, 5.74) is 0. The third kappa shape index (κ3) is 3.25. The number of nitrogens with zero attached hydrogens (tertiary/aromatic N) is 1. The average Bonchev–Trinajstić information content (AvgIpc) is 2.31. The molecule has 0 aromatic rings. The van der Waals surface area contributed by atoms with Crippen LogP contribution < -0.4 is 4.72 Å². The van der Waals surface area contributed by atoms with E-state index < -0.39 is 10.0 Å². The normalized spacial score (nSPS) is 29.8. The Balaban J connectivity index is 2.59. The first kappa shape index (κ1) is 10.9. The van der Waals surface area contributed by atoms with Crippen LogP contribution in [-0.4, -0.2) is 45.8 Å². The maximum absolute atomic E-state index is 11.0. The third-order valence-electron chi connectivity index (χ3n) is 2.51. The van der Waals surface area contributed by atoms with Gasteiger partial charge in [0, 0.05) is 12.1 Å². The first-order chi connectivity index (χ1) is 5.90.